The highest BCUT2D eigenvalue weighted by atomic mass is 35.5. The van der Waals surface area contributed by atoms with E-state index >= 15 is 0 Å². The lowest BCUT2D eigenvalue weighted by Crippen LogP contribution is -1.89. The van der Waals surface area contributed by atoms with Crippen LogP contribution in [0.5, 0.6) is 0 Å². The van der Waals surface area contributed by atoms with Gasteiger partial charge in [-0.1, -0.05) is 29.8 Å². The van der Waals surface area contributed by atoms with E-state index in [0.717, 1.165) is 21.6 Å². The molecule has 2 aromatic carbocycles. The van der Waals surface area contributed by atoms with Gasteiger partial charge in [0.15, 0.2) is 0 Å². The van der Waals surface area contributed by atoms with Crippen LogP contribution in [0, 0.1) is 0 Å². The second-order valence-corrected chi connectivity index (χ2v) is 4.46. The fourth-order valence-electron chi connectivity index (χ4n) is 1.63. The first-order chi connectivity index (χ1) is 7.70. The standard InChI is InChI=1S/C13H11ClOS/c14-11-5-4-10(8-15)13(7-11)9-2-1-3-12(16)6-9/h1-7,15-16H,8H2. The van der Waals surface area contributed by atoms with Crippen LogP contribution in [0.25, 0.3) is 11.1 Å². The minimum atomic E-state index is 0.00328. The summed E-state index contributed by atoms with van der Waals surface area (Å²) >= 11 is 10.3. The van der Waals surface area contributed by atoms with Crippen LogP contribution >= 0.6 is 24.2 Å². The summed E-state index contributed by atoms with van der Waals surface area (Å²) < 4.78 is 0. The van der Waals surface area contributed by atoms with E-state index in [-0.39, 0.29) is 6.61 Å². The molecule has 0 heterocycles. The number of aliphatic hydroxyl groups is 1. The fraction of sp³-hybridized carbons (Fsp3) is 0.0769. The predicted octanol–water partition coefficient (Wildman–Crippen LogP) is 3.79. The molecule has 0 saturated carbocycles. The third-order valence-corrected chi connectivity index (χ3v) is 2.91. The molecule has 16 heavy (non-hydrogen) atoms. The van der Waals surface area contributed by atoms with E-state index in [9.17, 15) is 5.11 Å². The zero-order chi connectivity index (χ0) is 11.5. The summed E-state index contributed by atoms with van der Waals surface area (Å²) in [4.78, 5) is 0.890. The Morgan fingerprint density at radius 3 is 2.62 bits per heavy atom. The second kappa shape index (κ2) is 4.91. The van der Waals surface area contributed by atoms with Gasteiger partial charge < -0.3 is 5.11 Å². The van der Waals surface area contributed by atoms with Gasteiger partial charge >= 0.3 is 0 Å². The average molecular weight is 251 g/mol. The first-order valence-electron chi connectivity index (χ1n) is 4.89. The highest BCUT2D eigenvalue weighted by Gasteiger charge is 2.05. The normalized spacial score (nSPS) is 10.4. The van der Waals surface area contributed by atoms with Gasteiger partial charge in [0.05, 0.1) is 6.61 Å². The number of thiol groups is 1. The van der Waals surface area contributed by atoms with E-state index in [1.165, 1.54) is 0 Å². The van der Waals surface area contributed by atoms with Gasteiger partial charge in [-0.25, -0.2) is 0 Å². The van der Waals surface area contributed by atoms with Crippen LogP contribution in [-0.2, 0) is 6.61 Å². The van der Waals surface area contributed by atoms with Crippen molar-refractivity contribution in [2.24, 2.45) is 0 Å². The number of hydrogen-bond acceptors (Lipinski definition) is 2. The van der Waals surface area contributed by atoms with Crippen molar-refractivity contribution < 1.29 is 5.11 Å². The van der Waals surface area contributed by atoms with Gasteiger partial charge in [0, 0.05) is 9.92 Å². The molecular weight excluding hydrogens is 240 g/mol. The van der Waals surface area contributed by atoms with Crippen molar-refractivity contribution in [1.29, 1.82) is 0 Å². The van der Waals surface area contributed by atoms with Crippen LogP contribution in [0.1, 0.15) is 5.56 Å². The van der Waals surface area contributed by atoms with Crippen LogP contribution < -0.4 is 0 Å². The smallest absolute Gasteiger partial charge is 0.0687 e. The van der Waals surface area contributed by atoms with E-state index < -0.39 is 0 Å². The molecule has 0 fully saturated rings. The Morgan fingerprint density at radius 2 is 1.94 bits per heavy atom. The molecule has 0 aromatic heterocycles. The van der Waals surface area contributed by atoms with Crippen molar-refractivity contribution in [3.8, 4) is 11.1 Å². The van der Waals surface area contributed by atoms with Gasteiger partial charge in [0.2, 0.25) is 0 Å². The molecule has 1 N–H and O–H groups in total. The molecular formula is C13H11ClOS. The van der Waals surface area contributed by atoms with Crippen molar-refractivity contribution in [3.63, 3.8) is 0 Å². The van der Waals surface area contributed by atoms with Crippen molar-refractivity contribution in [2.75, 3.05) is 0 Å². The van der Waals surface area contributed by atoms with Gasteiger partial charge in [-0.2, -0.15) is 0 Å². The van der Waals surface area contributed by atoms with E-state index in [0.29, 0.717) is 5.02 Å². The molecule has 82 valence electrons. The van der Waals surface area contributed by atoms with Crippen LogP contribution in [0.3, 0.4) is 0 Å². The molecule has 0 aliphatic carbocycles. The molecule has 0 radical (unpaired) electrons. The zero-order valence-corrected chi connectivity index (χ0v) is 10.2. The predicted molar refractivity (Wildman–Crippen MR) is 70.1 cm³/mol. The monoisotopic (exact) mass is 250 g/mol. The van der Waals surface area contributed by atoms with Crippen LogP contribution in [0.15, 0.2) is 47.4 Å². The number of rotatable bonds is 2. The lowest BCUT2D eigenvalue weighted by molar-refractivity contribution is 0.282. The van der Waals surface area contributed by atoms with Crippen LogP contribution in [0.2, 0.25) is 5.02 Å². The van der Waals surface area contributed by atoms with Gasteiger partial charge in [-0.3, -0.25) is 0 Å². The SMILES string of the molecule is OCc1ccc(Cl)cc1-c1cccc(S)c1. The first-order valence-corrected chi connectivity index (χ1v) is 5.72. The Kier molecular flexibility index (Phi) is 3.54. The highest BCUT2D eigenvalue weighted by Crippen LogP contribution is 2.28. The molecule has 0 aliphatic rings. The van der Waals surface area contributed by atoms with E-state index in [1.807, 2.05) is 36.4 Å². The largest absolute Gasteiger partial charge is 0.392 e. The summed E-state index contributed by atoms with van der Waals surface area (Å²) in [5.41, 5.74) is 2.83. The molecule has 0 unspecified atom stereocenters. The summed E-state index contributed by atoms with van der Waals surface area (Å²) in [6.45, 7) is 0.00328. The summed E-state index contributed by atoms with van der Waals surface area (Å²) in [6.07, 6.45) is 0. The van der Waals surface area contributed by atoms with Crippen LogP contribution in [0.4, 0.5) is 0 Å². The maximum Gasteiger partial charge on any atom is 0.0687 e. The molecule has 2 rings (SSSR count). The van der Waals surface area contributed by atoms with Gasteiger partial charge in [0.25, 0.3) is 0 Å². The molecule has 3 heteroatoms. The van der Waals surface area contributed by atoms with Crippen LogP contribution in [-0.4, -0.2) is 5.11 Å². The second-order valence-electron chi connectivity index (χ2n) is 3.51. The molecule has 0 saturated heterocycles. The minimum absolute atomic E-state index is 0.00328. The fourth-order valence-corrected chi connectivity index (χ4v) is 2.03. The topological polar surface area (TPSA) is 20.2 Å². The van der Waals surface area contributed by atoms with E-state index in [4.69, 9.17) is 11.6 Å². The van der Waals surface area contributed by atoms with E-state index in [1.54, 1.807) is 6.07 Å². The number of aliphatic hydroxyl groups excluding tert-OH is 1. The average Bonchev–Trinajstić information content (AvgIpc) is 2.29. The molecule has 2 aromatic rings. The lowest BCUT2D eigenvalue weighted by atomic mass is 10.0. The maximum atomic E-state index is 9.28. The third kappa shape index (κ3) is 2.40. The number of hydrogen-bond donors (Lipinski definition) is 2. The van der Waals surface area contributed by atoms with E-state index in [2.05, 4.69) is 12.6 Å². The van der Waals surface area contributed by atoms with Crippen molar-refractivity contribution in [2.45, 2.75) is 11.5 Å². The third-order valence-electron chi connectivity index (χ3n) is 2.40. The zero-order valence-electron chi connectivity index (χ0n) is 8.52. The summed E-state index contributed by atoms with van der Waals surface area (Å²) in [5, 5.41) is 9.94. The molecule has 0 amide bonds. The number of halogens is 1. The Bertz CT molecular complexity index is 511. The Morgan fingerprint density at radius 1 is 1.12 bits per heavy atom. The van der Waals surface area contributed by atoms with Crippen molar-refractivity contribution in [3.05, 3.63) is 53.1 Å². The summed E-state index contributed by atoms with van der Waals surface area (Å²) in [7, 11) is 0. The molecule has 0 spiro atoms. The van der Waals surface area contributed by atoms with Gasteiger partial charge in [-0.15, -0.1) is 12.6 Å². The Labute approximate surface area is 105 Å². The Hall–Kier alpha value is -0.960. The quantitative estimate of drug-likeness (QED) is 0.777. The van der Waals surface area contributed by atoms with Gasteiger partial charge in [-0.05, 0) is 41.0 Å². The number of benzene rings is 2. The maximum absolute atomic E-state index is 9.28. The molecule has 1 nitrogen and oxygen atoms in total. The molecule has 0 atom stereocenters. The first kappa shape index (κ1) is 11.5. The highest BCUT2D eigenvalue weighted by molar-refractivity contribution is 7.80. The lowest BCUT2D eigenvalue weighted by Gasteiger charge is -2.08. The summed E-state index contributed by atoms with van der Waals surface area (Å²) in [5.74, 6) is 0. The molecule has 0 bridgehead atoms. The molecule has 0 aliphatic heterocycles. The Balaban J connectivity index is 2.58. The van der Waals surface area contributed by atoms with Gasteiger partial charge in [0.1, 0.15) is 0 Å². The summed E-state index contributed by atoms with van der Waals surface area (Å²) in [6, 6.07) is 13.2. The van der Waals surface area contributed by atoms with Crippen molar-refractivity contribution in [1.82, 2.24) is 0 Å². The minimum Gasteiger partial charge on any atom is -0.392 e. The van der Waals surface area contributed by atoms with Crippen molar-refractivity contribution >= 4 is 24.2 Å².